The molecule has 112 valence electrons. The smallest absolute Gasteiger partial charge is 0.0611 e. The highest BCUT2D eigenvalue weighted by Crippen LogP contribution is 2.34. The lowest BCUT2D eigenvalue weighted by Gasteiger charge is -2.32. The Bertz CT molecular complexity index is 296. The maximum absolute atomic E-state index is 9.64. The number of hydrogen-bond acceptors (Lipinski definition) is 3. The zero-order valence-corrected chi connectivity index (χ0v) is 13.2. The second-order valence-electron chi connectivity index (χ2n) is 8.04. The molecule has 2 rings (SSSR count). The van der Waals surface area contributed by atoms with Gasteiger partial charge in [0.2, 0.25) is 0 Å². The van der Waals surface area contributed by atoms with Crippen LogP contribution in [-0.2, 0) is 0 Å². The molecular weight excluding hydrogens is 236 g/mol. The fourth-order valence-corrected chi connectivity index (χ4v) is 3.06. The Balaban J connectivity index is 1.75. The van der Waals surface area contributed by atoms with Crippen molar-refractivity contribution in [2.45, 2.75) is 65.0 Å². The number of nitrogens with one attached hydrogen (secondary N) is 1. The normalized spacial score (nSPS) is 28.6. The summed E-state index contributed by atoms with van der Waals surface area (Å²) in [6.45, 7) is 13.1. The Kier molecular flexibility index (Phi) is 4.59. The van der Waals surface area contributed by atoms with E-state index >= 15 is 0 Å². The molecule has 0 bridgehead atoms. The van der Waals surface area contributed by atoms with Gasteiger partial charge in [-0.05, 0) is 57.0 Å². The second-order valence-corrected chi connectivity index (χ2v) is 8.04. The maximum Gasteiger partial charge on any atom is 0.0611 e. The van der Waals surface area contributed by atoms with E-state index < -0.39 is 0 Å². The van der Waals surface area contributed by atoms with Gasteiger partial charge in [0.05, 0.1) is 6.61 Å². The van der Waals surface area contributed by atoms with E-state index in [2.05, 4.69) is 37.9 Å². The third kappa shape index (κ3) is 4.44. The first-order chi connectivity index (χ1) is 8.82. The van der Waals surface area contributed by atoms with Crippen LogP contribution in [0.1, 0.15) is 53.4 Å². The highest BCUT2D eigenvalue weighted by molar-refractivity contribution is 4.93. The van der Waals surface area contributed by atoms with Gasteiger partial charge in [0.15, 0.2) is 0 Å². The summed E-state index contributed by atoms with van der Waals surface area (Å²) in [6.07, 6.45) is 4.95. The SMILES string of the molecule is CC(CO)(CCN1CCC(C(C)(C)C)C1)NC1CC1. The van der Waals surface area contributed by atoms with E-state index in [9.17, 15) is 5.11 Å². The van der Waals surface area contributed by atoms with E-state index in [4.69, 9.17) is 0 Å². The minimum absolute atomic E-state index is 0.0824. The monoisotopic (exact) mass is 268 g/mol. The fraction of sp³-hybridized carbons (Fsp3) is 1.00. The summed E-state index contributed by atoms with van der Waals surface area (Å²) in [5, 5.41) is 13.2. The minimum Gasteiger partial charge on any atom is -0.394 e. The van der Waals surface area contributed by atoms with Gasteiger partial charge in [-0.2, -0.15) is 0 Å². The van der Waals surface area contributed by atoms with E-state index in [-0.39, 0.29) is 12.1 Å². The van der Waals surface area contributed by atoms with Crippen LogP contribution in [-0.4, -0.2) is 47.8 Å². The van der Waals surface area contributed by atoms with Crippen molar-refractivity contribution >= 4 is 0 Å². The molecule has 2 N–H and O–H groups in total. The molecule has 0 spiro atoms. The van der Waals surface area contributed by atoms with Gasteiger partial charge >= 0.3 is 0 Å². The van der Waals surface area contributed by atoms with E-state index in [0.717, 1.165) is 18.9 Å². The Morgan fingerprint density at radius 3 is 2.32 bits per heavy atom. The molecule has 2 atom stereocenters. The maximum atomic E-state index is 9.64. The van der Waals surface area contributed by atoms with Gasteiger partial charge in [-0.15, -0.1) is 0 Å². The molecule has 3 heteroatoms. The largest absolute Gasteiger partial charge is 0.394 e. The summed E-state index contributed by atoms with van der Waals surface area (Å²) in [6, 6.07) is 0.665. The van der Waals surface area contributed by atoms with Gasteiger partial charge in [-0.1, -0.05) is 20.8 Å². The van der Waals surface area contributed by atoms with Crippen LogP contribution in [0.3, 0.4) is 0 Å². The number of aliphatic hydroxyl groups excluding tert-OH is 1. The van der Waals surface area contributed by atoms with Gasteiger partial charge in [0.25, 0.3) is 0 Å². The van der Waals surface area contributed by atoms with E-state index in [1.54, 1.807) is 0 Å². The van der Waals surface area contributed by atoms with Crippen molar-refractivity contribution < 1.29 is 5.11 Å². The molecule has 0 aromatic heterocycles. The van der Waals surface area contributed by atoms with Crippen LogP contribution in [0.25, 0.3) is 0 Å². The van der Waals surface area contributed by atoms with Crippen molar-refractivity contribution in [3.63, 3.8) is 0 Å². The Morgan fingerprint density at radius 1 is 1.16 bits per heavy atom. The van der Waals surface area contributed by atoms with Crippen LogP contribution in [0.5, 0.6) is 0 Å². The zero-order valence-electron chi connectivity index (χ0n) is 13.2. The molecule has 2 aliphatic rings. The molecule has 0 aromatic carbocycles. The highest BCUT2D eigenvalue weighted by Gasteiger charge is 2.35. The summed E-state index contributed by atoms with van der Waals surface area (Å²) in [7, 11) is 0. The van der Waals surface area contributed by atoms with Gasteiger partial charge in [-0.25, -0.2) is 0 Å². The molecule has 1 saturated carbocycles. The average molecular weight is 268 g/mol. The quantitative estimate of drug-likeness (QED) is 0.775. The molecule has 0 amide bonds. The molecular formula is C16H32N2O. The van der Waals surface area contributed by atoms with E-state index in [0.29, 0.717) is 11.5 Å². The number of likely N-dealkylation sites (tertiary alicyclic amines) is 1. The predicted octanol–water partition coefficient (Wildman–Crippen LogP) is 2.25. The molecule has 1 aliphatic heterocycles. The summed E-state index contributed by atoms with van der Waals surface area (Å²) in [5.41, 5.74) is 0.349. The Labute approximate surface area is 118 Å². The molecule has 0 aromatic rings. The summed E-state index contributed by atoms with van der Waals surface area (Å²) >= 11 is 0. The average Bonchev–Trinajstić information content (AvgIpc) is 2.99. The molecule has 19 heavy (non-hydrogen) atoms. The van der Waals surface area contributed by atoms with Gasteiger partial charge in [0.1, 0.15) is 0 Å². The molecule has 1 heterocycles. The van der Waals surface area contributed by atoms with Crippen molar-refractivity contribution in [2.75, 3.05) is 26.2 Å². The van der Waals surface area contributed by atoms with Crippen LogP contribution >= 0.6 is 0 Å². The Hall–Kier alpha value is -0.120. The number of rotatable bonds is 6. The first kappa shape index (κ1) is 15.3. The molecule has 1 saturated heterocycles. The van der Waals surface area contributed by atoms with E-state index in [1.807, 2.05) is 0 Å². The lowest BCUT2D eigenvalue weighted by molar-refractivity contribution is 0.145. The first-order valence-corrected chi connectivity index (χ1v) is 7.93. The van der Waals surface area contributed by atoms with Crippen molar-refractivity contribution in [2.24, 2.45) is 11.3 Å². The standard InChI is InChI=1S/C16H32N2O/c1-15(2,3)13-7-9-18(11-13)10-8-16(4,12-19)17-14-5-6-14/h13-14,17,19H,5-12H2,1-4H3. The van der Waals surface area contributed by atoms with Crippen LogP contribution in [0.4, 0.5) is 0 Å². The first-order valence-electron chi connectivity index (χ1n) is 7.93. The minimum atomic E-state index is -0.0824. The fourth-order valence-electron chi connectivity index (χ4n) is 3.06. The van der Waals surface area contributed by atoms with Gasteiger partial charge in [-0.3, -0.25) is 0 Å². The zero-order chi connectivity index (χ0) is 14.1. The van der Waals surface area contributed by atoms with Crippen molar-refractivity contribution in [1.82, 2.24) is 10.2 Å². The number of nitrogens with zero attached hydrogens (tertiary/aromatic N) is 1. The summed E-state index contributed by atoms with van der Waals surface area (Å²) in [4.78, 5) is 2.58. The van der Waals surface area contributed by atoms with Gasteiger partial charge < -0.3 is 15.3 Å². The van der Waals surface area contributed by atoms with Crippen LogP contribution in [0.2, 0.25) is 0 Å². The number of aliphatic hydroxyl groups is 1. The van der Waals surface area contributed by atoms with Crippen molar-refractivity contribution in [3.8, 4) is 0 Å². The summed E-state index contributed by atoms with van der Waals surface area (Å²) < 4.78 is 0. The Morgan fingerprint density at radius 2 is 1.84 bits per heavy atom. The highest BCUT2D eigenvalue weighted by atomic mass is 16.3. The molecule has 2 fully saturated rings. The molecule has 1 aliphatic carbocycles. The van der Waals surface area contributed by atoms with Crippen molar-refractivity contribution in [1.29, 1.82) is 0 Å². The number of hydrogen-bond donors (Lipinski definition) is 2. The van der Waals surface area contributed by atoms with Crippen LogP contribution in [0, 0.1) is 11.3 Å². The lowest BCUT2D eigenvalue weighted by Crippen LogP contribution is -2.49. The van der Waals surface area contributed by atoms with Crippen LogP contribution < -0.4 is 5.32 Å². The third-order valence-electron chi connectivity index (χ3n) is 4.96. The topological polar surface area (TPSA) is 35.5 Å². The molecule has 2 unspecified atom stereocenters. The second kappa shape index (κ2) is 5.71. The predicted molar refractivity (Wildman–Crippen MR) is 80.3 cm³/mol. The molecule has 3 nitrogen and oxygen atoms in total. The van der Waals surface area contributed by atoms with Gasteiger partial charge in [0, 0.05) is 18.1 Å². The molecule has 0 radical (unpaired) electrons. The summed E-state index contributed by atoms with van der Waals surface area (Å²) in [5.74, 6) is 0.823. The lowest BCUT2D eigenvalue weighted by atomic mass is 9.80. The van der Waals surface area contributed by atoms with Crippen LogP contribution in [0.15, 0.2) is 0 Å². The van der Waals surface area contributed by atoms with Crippen molar-refractivity contribution in [3.05, 3.63) is 0 Å². The third-order valence-corrected chi connectivity index (χ3v) is 4.96. The van der Waals surface area contributed by atoms with E-state index in [1.165, 1.54) is 32.4 Å².